The summed E-state index contributed by atoms with van der Waals surface area (Å²) in [5.74, 6) is -0.262. The van der Waals surface area contributed by atoms with Crippen LogP contribution in [0.1, 0.15) is 16.7 Å². The van der Waals surface area contributed by atoms with Gasteiger partial charge in [0.25, 0.3) is 0 Å². The zero-order chi connectivity index (χ0) is 13.4. The van der Waals surface area contributed by atoms with Crippen molar-refractivity contribution in [2.75, 3.05) is 0 Å². The fraction of sp³-hybridized carbons (Fsp3) is 0.400. The summed E-state index contributed by atoms with van der Waals surface area (Å²) in [5.41, 5.74) is -4.06. The first-order valence-electron chi connectivity index (χ1n) is 4.64. The third-order valence-electron chi connectivity index (χ3n) is 2.35. The van der Waals surface area contributed by atoms with Crippen LogP contribution >= 0.6 is 0 Å². The van der Waals surface area contributed by atoms with Crippen molar-refractivity contribution in [3.05, 3.63) is 28.8 Å². The van der Waals surface area contributed by atoms with E-state index in [9.17, 15) is 21.6 Å². The van der Waals surface area contributed by atoms with Gasteiger partial charge in [-0.2, -0.15) is 21.6 Å². The van der Waals surface area contributed by atoms with E-state index in [2.05, 4.69) is 4.18 Å². The maximum atomic E-state index is 12.2. The lowest BCUT2D eigenvalue weighted by Gasteiger charge is -2.14. The van der Waals surface area contributed by atoms with Crippen molar-refractivity contribution in [2.24, 2.45) is 0 Å². The lowest BCUT2D eigenvalue weighted by Crippen LogP contribution is -2.28. The molecule has 96 valence electrons. The molecule has 0 heterocycles. The molecule has 1 aromatic rings. The number of alkyl halides is 3. The third kappa shape index (κ3) is 2.71. The molecule has 0 aliphatic heterocycles. The molecule has 0 fully saturated rings. The summed E-state index contributed by atoms with van der Waals surface area (Å²) in [5, 5.41) is 0. The van der Waals surface area contributed by atoms with Gasteiger partial charge in [-0.25, -0.2) is 0 Å². The van der Waals surface area contributed by atoms with Crippen LogP contribution < -0.4 is 4.18 Å². The lowest BCUT2D eigenvalue weighted by molar-refractivity contribution is -0.0500. The van der Waals surface area contributed by atoms with Gasteiger partial charge in [0.1, 0.15) is 5.75 Å². The SMILES string of the molecule is Cc1ccc(C)c(OS(=O)(=O)C(F)(F)F)c1C. The molecule has 0 unspecified atom stereocenters. The topological polar surface area (TPSA) is 43.4 Å². The van der Waals surface area contributed by atoms with E-state index in [4.69, 9.17) is 0 Å². The van der Waals surface area contributed by atoms with Crippen LogP contribution in [-0.4, -0.2) is 13.9 Å². The third-order valence-corrected chi connectivity index (χ3v) is 3.30. The molecule has 0 aliphatic rings. The van der Waals surface area contributed by atoms with E-state index in [-0.39, 0.29) is 5.75 Å². The smallest absolute Gasteiger partial charge is 0.375 e. The normalized spacial score (nSPS) is 12.6. The molecule has 0 radical (unpaired) electrons. The van der Waals surface area contributed by atoms with Crippen molar-refractivity contribution in [3.63, 3.8) is 0 Å². The first-order chi connectivity index (χ1) is 7.56. The summed E-state index contributed by atoms with van der Waals surface area (Å²) >= 11 is 0. The molecule has 0 atom stereocenters. The van der Waals surface area contributed by atoms with E-state index in [1.54, 1.807) is 13.0 Å². The Labute approximate surface area is 97.3 Å². The second-order valence-corrected chi connectivity index (χ2v) is 5.17. The van der Waals surface area contributed by atoms with Crippen LogP contribution in [0, 0.1) is 20.8 Å². The highest BCUT2D eigenvalue weighted by Gasteiger charge is 2.48. The van der Waals surface area contributed by atoms with Crippen LogP contribution in [0.2, 0.25) is 0 Å². The largest absolute Gasteiger partial charge is 0.534 e. The number of aryl methyl sites for hydroxylation is 2. The highest BCUT2D eigenvalue weighted by molar-refractivity contribution is 7.88. The monoisotopic (exact) mass is 268 g/mol. The molecule has 7 heteroatoms. The van der Waals surface area contributed by atoms with Gasteiger partial charge in [0.15, 0.2) is 0 Å². The Hall–Kier alpha value is -1.24. The van der Waals surface area contributed by atoms with Gasteiger partial charge in [0, 0.05) is 0 Å². The molecule has 1 aromatic carbocycles. The van der Waals surface area contributed by atoms with Crippen molar-refractivity contribution >= 4 is 10.1 Å². The van der Waals surface area contributed by atoms with Crippen molar-refractivity contribution < 1.29 is 25.8 Å². The number of hydrogen-bond acceptors (Lipinski definition) is 3. The van der Waals surface area contributed by atoms with Crippen LogP contribution in [-0.2, 0) is 10.1 Å². The molecule has 0 spiro atoms. The molecular weight excluding hydrogens is 257 g/mol. The minimum Gasteiger partial charge on any atom is -0.375 e. The van der Waals surface area contributed by atoms with E-state index < -0.39 is 15.6 Å². The molecule has 3 nitrogen and oxygen atoms in total. The van der Waals surface area contributed by atoms with Crippen LogP contribution in [0.15, 0.2) is 12.1 Å². The van der Waals surface area contributed by atoms with Gasteiger partial charge in [-0.1, -0.05) is 12.1 Å². The average Bonchev–Trinajstić information content (AvgIpc) is 2.17. The lowest BCUT2D eigenvalue weighted by atomic mass is 10.1. The van der Waals surface area contributed by atoms with Gasteiger partial charge >= 0.3 is 15.6 Å². The summed E-state index contributed by atoms with van der Waals surface area (Å²) < 4.78 is 62.4. The maximum Gasteiger partial charge on any atom is 0.534 e. The number of halogens is 3. The molecule has 0 N–H and O–H groups in total. The summed E-state index contributed by atoms with van der Waals surface area (Å²) in [6, 6.07) is 3.18. The van der Waals surface area contributed by atoms with E-state index in [1.807, 2.05) is 0 Å². The summed E-state index contributed by atoms with van der Waals surface area (Å²) in [6.07, 6.45) is 0. The minimum atomic E-state index is -5.61. The average molecular weight is 268 g/mol. The van der Waals surface area contributed by atoms with Crippen LogP contribution in [0.5, 0.6) is 5.75 Å². The molecule has 0 aromatic heterocycles. The standard InChI is InChI=1S/C10H11F3O3S/c1-6-4-5-7(2)9(8(6)3)16-17(14,15)10(11,12)13/h4-5H,1-3H3. The molecule has 0 saturated heterocycles. The number of benzene rings is 1. The van der Waals surface area contributed by atoms with Crippen molar-refractivity contribution in [3.8, 4) is 5.75 Å². The Kier molecular flexibility index (Phi) is 3.42. The molecule has 0 bridgehead atoms. The molecule has 1 rings (SSSR count). The van der Waals surface area contributed by atoms with Crippen molar-refractivity contribution in [2.45, 2.75) is 26.3 Å². The molecule has 0 aliphatic carbocycles. The zero-order valence-electron chi connectivity index (χ0n) is 9.42. The van der Waals surface area contributed by atoms with E-state index in [0.29, 0.717) is 16.7 Å². The van der Waals surface area contributed by atoms with Gasteiger partial charge in [0.2, 0.25) is 0 Å². The van der Waals surface area contributed by atoms with Crippen molar-refractivity contribution in [1.82, 2.24) is 0 Å². The Morgan fingerprint density at radius 1 is 1.06 bits per heavy atom. The minimum absolute atomic E-state index is 0.262. The summed E-state index contributed by atoms with van der Waals surface area (Å²) in [4.78, 5) is 0. The van der Waals surface area contributed by atoms with Gasteiger partial charge in [0.05, 0.1) is 0 Å². The molecule has 0 saturated carbocycles. The van der Waals surface area contributed by atoms with E-state index in [1.165, 1.54) is 19.9 Å². The highest BCUT2D eigenvalue weighted by Crippen LogP contribution is 2.32. The zero-order valence-corrected chi connectivity index (χ0v) is 10.2. The van der Waals surface area contributed by atoms with Crippen LogP contribution in [0.4, 0.5) is 13.2 Å². The van der Waals surface area contributed by atoms with Crippen LogP contribution in [0.25, 0.3) is 0 Å². The van der Waals surface area contributed by atoms with E-state index in [0.717, 1.165) is 0 Å². The summed E-state index contributed by atoms with van der Waals surface area (Å²) in [6.45, 7) is 4.64. The van der Waals surface area contributed by atoms with Gasteiger partial charge in [-0.05, 0) is 37.5 Å². The van der Waals surface area contributed by atoms with Crippen molar-refractivity contribution in [1.29, 1.82) is 0 Å². The van der Waals surface area contributed by atoms with Gasteiger partial charge < -0.3 is 4.18 Å². The van der Waals surface area contributed by atoms with Crippen LogP contribution in [0.3, 0.4) is 0 Å². The second-order valence-electron chi connectivity index (χ2n) is 3.64. The Morgan fingerprint density at radius 2 is 1.53 bits per heavy atom. The predicted octanol–water partition coefficient (Wildman–Crippen LogP) is 2.84. The number of rotatable bonds is 2. The highest BCUT2D eigenvalue weighted by atomic mass is 32.2. The Morgan fingerprint density at radius 3 is 2.00 bits per heavy atom. The van der Waals surface area contributed by atoms with Gasteiger partial charge in [-0.15, -0.1) is 0 Å². The number of hydrogen-bond donors (Lipinski definition) is 0. The fourth-order valence-corrected chi connectivity index (χ4v) is 1.78. The van der Waals surface area contributed by atoms with Gasteiger partial charge in [-0.3, -0.25) is 0 Å². The molecular formula is C10H11F3O3S. The second kappa shape index (κ2) is 4.21. The summed E-state index contributed by atoms with van der Waals surface area (Å²) in [7, 11) is -5.61. The van der Waals surface area contributed by atoms with E-state index >= 15 is 0 Å². The predicted molar refractivity (Wildman–Crippen MR) is 56.3 cm³/mol. The quantitative estimate of drug-likeness (QED) is 0.612. The first kappa shape index (κ1) is 13.8. The Balaban J connectivity index is 3.27. The maximum absolute atomic E-state index is 12.2. The molecule has 0 amide bonds. The fourth-order valence-electron chi connectivity index (χ4n) is 1.21. The first-order valence-corrected chi connectivity index (χ1v) is 6.04. The Bertz CT molecular complexity index is 532. The molecule has 17 heavy (non-hydrogen) atoms.